The highest BCUT2D eigenvalue weighted by Gasteiger charge is 2.48. The number of aliphatic hydroxyl groups is 1. The van der Waals surface area contributed by atoms with E-state index in [1.165, 1.54) is 12.0 Å². The molecular weight excluding hydrogens is 484 g/mol. The second-order valence-corrected chi connectivity index (χ2v) is 8.87. The summed E-state index contributed by atoms with van der Waals surface area (Å²) in [5.74, 6) is -0.377. The van der Waals surface area contributed by atoms with Crippen LogP contribution in [0.5, 0.6) is 11.5 Å². The summed E-state index contributed by atoms with van der Waals surface area (Å²) in [5.41, 5.74) is 0.798. The van der Waals surface area contributed by atoms with Gasteiger partial charge in [-0.15, -0.1) is 0 Å². The number of hydrogen-bond acceptors (Lipinski definition) is 7. The van der Waals surface area contributed by atoms with Crippen molar-refractivity contribution < 1.29 is 28.7 Å². The van der Waals surface area contributed by atoms with E-state index in [0.29, 0.717) is 40.0 Å². The number of ether oxygens (including phenoxy) is 2. The van der Waals surface area contributed by atoms with Crippen molar-refractivity contribution in [3.05, 3.63) is 76.0 Å². The quantitative estimate of drug-likeness (QED) is 0.167. The Hall–Kier alpha value is -3.78. The second kappa shape index (κ2) is 10.9. The van der Waals surface area contributed by atoms with Crippen LogP contribution in [-0.2, 0) is 9.59 Å². The number of aromatic nitrogens is 1. The van der Waals surface area contributed by atoms with Crippen molar-refractivity contribution in [3.63, 3.8) is 0 Å². The average Bonchev–Trinajstić information content (AvgIpc) is 3.42. The first kappa shape index (κ1) is 25.3. The fraction of sp³-hybridized carbons (Fsp3) is 0.296. The predicted octanol–water partition coefficient (Wildman–Crippen LogP) is 5.84. The van der Waals surface area contributed by atoms with E-state index in [4.69, 9.17) is 25.6 Å². The van der Waals surface area contributed by atoms with Gasteiger partial charge in [0.1, 0.15) is 11.5 Å². The molecule has 0 aliphatic carbocycles. The fourth-order valence-electron chi connectivity index (χ4n) is 4.12. The van der Waals surface area contributed by atoms with E-state index in [1.807, 2.05) is 0 Å². The Morgan fingerprint density at radius 3 is 2.50 bits per heavy atom. The van der Waals surface area contributed by atoms with Gasteiger partial charge in [-0.05, 0) is 55.3 Å². The molecule has 1 aliphatic rings. The molecule has 2 heterocycles. The van der Waals surface area contributed by atoms with Gasteiger partial charge in [0.25, 0.3) is 5.78 Å². The van der Waals surface area contributed by atoms with Crippen LogP contribution in [0.15, 0.2) is 58.6 Å². The minimum Gasteiger partial charge on any atom is -0.507 e. The van der Waals surface area contributed by atoms with E-state index in [0.717, 1.165) is 19.3 Å². The van der Waals surface area contributed by atoms with Crippen LogP contribution in [0.25, 0.3) is 5.76 Å². The molecule has 2 aromatic carbocycles. The summed E-state index contributed by atoms with van der Waals surface area (Å²) in [6, 6.07) is 12.1. The van der Waals surface area contributed by atoms with Crippen LogP contribution in [0.4, 0.5) is 5.82 Å². The number of halogens is 1. The number of methoxy groups -OCH3 is 1. The first-order chi connectivity index (χ1) is 17.3. The van der Waals surface area contributed by atoms with Gasteiger partial charge in [0, 0.05) is 16.7 Å². The zero-order valence-corrected chi connectivity index (χ0v) is 21.0. The number of ketones is 1. The number of aryl methyl sites for hydroxylation is 1. The number of unbranched alkanes of at least 4 members (excludes halogenated alkanes) is 2. The second-order valence-electron chi connectivity index (χ2n) is 8.44. The molecule has 1 saturated heterocycles. The van der Waals surface area contributed by atoms with E-state index >= 15 is 0 Å². The number of carbonyl (C=O) groups is 2. The van der Waals surface area contributed by atoms with E-state index in [2.05, 4.69) is 12.1 Å². The summed E-state index contributed by atoms with van der Waals surface area (Å²) in [4.78, 5) is 27.7. The van der Waals surface area contributed by atoms with Crippen LogP contribution in [-0.4, -0.2) is 35.7 Å². The first-order valence-electron chi connectivity index (χ1n) is 11.7. The van der Waals surface area contributed by atoms with E-state index in [9.17, 15) is 14.7 Å². The molecule has 1 amide bonds. The van der Waals surface area contributed by atoms with Crippen LogP contribution in [0, 0.1) is 6.92 Å². The molecule has 188 valence electrons. The van der Waals surface area contributed by atoms with Gasteiger partial charge in [-0.1, -0.05) is 42.6 Å². The summed E-state index contributed by atoms with van der Waals surface area (Å²) in [5, 5.41) is 15.6. The molecule has 0 radical (unpaired) electrons. The Kier molecular flexibility index (Phi) is 7.64. The summed E-state index contributed by atoms with van der Waals surface area (Å²) in [7, 11) is 1.52. The summed E-state index contributed by atoms with van der Waals surface area (Å²) < 4.78 is 16.6. The Labute approximate surface area is 214 Å². The monoisotopic (exact) mass is 510 g/mol. The molecular formula is C27H27ClN2O6. The third-order valence-corrected chi connectivity index (χ3v) is 6.19. The Morgan fingerprint density at radius 2 is 1.86 bits per heavy atom. The Balaban J connectivity index is 1.83. The molecule has 9 heteroatoms. The largest absolute Gasteiger partial charge is 0.507 e. The molecule has 0 bridgehead atoms. The standard InChI is InChI=1S/C27H27ClN2O6/c1-4-5-6-13-35-20-12-9-18(15-21(20)34-3)24-23(25(31)17-7-10-19(28)11-8-17)26(32)27(33)30(24)22-14-16(2)36-29-22/h7-12,14-15,24,31H,4-6,13H2,1-3H3/t24-/m1/s1. The molecule has 3 aromatic rings. The van der Waals surface area contributed by atoms with Gasteiger partial charge in [0.2, 0.25) is 0 Å². The number of aliphatic hydroxyl groups excluding tert-OH is 1. The molecule has 0 spiro atoms. The molecule has 1 aliphatic heterocycles. The van der Waals surface area contributed by atoms with Crippen LogP contribution >= 0.6 is 11.6 Å². The zero-order chi connectivity index (χ0) is 25.8. The highest BCUT2D eigenvalue weighted by atomic mass is 35.5. The molecule has 8 nitrogen and oxygen atoms in total. The van der Waals surface area contributed by atoms with Crippen molar-refractivity contribution in [2.45, 2.75) is 39.2 Å². The minimum absolute atomic E-state index is 0.0818. The minimum atomic E-state index is -0.979. The maximum absolute atomic E-state index is 13.2. The number of amides is 1. The third kappa shape index (κ3) is 4.95. The van der Waals surface area contributed by atoms with Gasteiger partial charge in [-0.3, -0.25) is 14.5 Å². The van der Waals surface area contributed by atoms with Crippen molar-refractivity contribution in [1.82, 2.24) is 5.16 Å². The fourth-order valence-corrected chi connectivity index (χ4v) is 4.25. The molecule has 36 heavy (non-hydrogen) atoms. The number of carbonyl (C=O) groups excluding carboxylic acids is 2. The average molecular weight is 511 g/mol. The highest BCUT2D eigenvalue weighted by molar-refractivity contribution is 6.51. The van der Waals surface area contributed by atoms with Gasteiger partial charge in [0.15, 0.2) is 17.3 Å². The number of benzene rings is 2. The number of hydrogen-bond donors (Lipinski definition) is 1. The summed E-state index contributed by atoms with van der Waals surface area (Å²) in [6.45, 7) is 4.34. The lowest BCUT2D eigenvalue weighted by atomic mass is 9.95. The Morgan fingerprint density at radius 1 is 1.11 bits per heavy atom. The zero-order valence-electron chi connectivity index (χ0n) is 20.3. The summed E-state index contributed by atoms with van der Waals surface area (Å²) >= 11 is 5.99. The van der Waals surface area contributed by atoms with E-state index < -0.39 is 17.7 Å². The third-order valence-electron chi connectivity index (χ3n) is 5.93. The van der Waals surface area contributed by atoms with Crippen molar-refractivity contribution >= 4 is 34.9 Å². The maximum atomic E-state index is 13.2. The number of Topliss-reactive ketones (excluding diaryl/α,β-unsaturated/α-hetero) is 1. The lowest BCUT2D eigenvalue weighted by Gasteiger charge is -2.23. The van der Waals surface area contributed by atoms with E-state index in [-0.39, 0.29) is 17.2 Å². The van der Waals surface area contributed by atoms with Gasteiger partial charge in [0.05, 0.1) is 25.3 Å². The predicted molar refractivity (Wildman–Crippen MR) is 135 cm³/mol. The lowest BCUT2D eigenvalue weighted by molar-refractivity contribution is -0.132. The van der Waals surface area contributed by atoms with Crippen LogP contribution in [0.2, 0.25) is 5.02 Å². The molecule has 1 N–H and O–H groups in total. The first-order valence-corrected chi connectivity index (χ1v) is 12.0. The number of nitrogens with zero attached hydrogens (tertiary/aromatic N) is 2. The van der Waals surface area contributed by atoms with Gasteiger partial charge < -0.3 is 19.1 Å². The molecule has 0 unspecified atom stereocenters. The SMILES string of the molecule is CCCCCOc1ccc([C@@H]2C(=C(O)c3ccc(Cl)cc3)C(=O)C(=O)N2c2cc(C)on2)cc1OC. The van der Waals surface area contributed by atoms with E-state index in [1.54, 1.807) is 55.5 Å². The van der Waals surface area contributed by atoms with Crippen molar-refractivity contribution in [3.8, 4) is 11.5 Å². The van der Waals surface area contributed by atoms with Crippen molar-refractivity contribution in [2.75, 3.05) is 18.6 Å². The normalized spacial score (nSPS) is 17.0. The Bertz CT molecular complexity index is 1300. The van der Waals surface area contributed by atoms with Gasteiger partial charge in [-0.25, -0.2) is 0 Å². The number of anilines is 1. The van der Waals surface area contributed by atoms with Crippen LogP contribution in [0.1, 0.15) is 49.1 Å². The molecule has 4 rings (SSSR count). The molecule has 1 fully saturated rings. The molecule has 1 atom stereocenters. The maximum Gasteiger partial charge on any atom is 0.301 e. The molecule has 1 aromatic heterocycles. The molecule has 0 saturated carbocycles. The smallest absolute Gasteiger partial charge is 0.301 e. The van der Waals surface area contributed by atoms with Crippen molar-refractivity contribution in [2.24, 2.45) is 0 Å². The lowest BCUT2D eigenvalue weighted by Crippen LogP contribution is -2.29. The van der Waals surface area contributed by atoms with Crippen LogP contribution in [0.3, 0.4) is 0 Å². The van der Waals surface area contributed by atoms with Gasteiger partial charge in [-0.2, -0.15) is 0 Å². The van der Waals surface area contributed by atoms with Crippen LogP contribution < -0.4 is 14.4 Å². The highest BCUT2D eigenvalue weighted by Crippen LogP contribution is 2.44. The topological polar surface area (TPSA) is 102 Å². The van der Waals surface area contributed by atoms with Crippen molar-refractivity contribution in [1.29, 1.82) is 0 Å². The van der Waals surface area contributed by atoms with Gasteiger partial charge >= 0.3 is 5.91 Å². The number of rotatable bonds is 9. The summed E-state index contributed by atoms with van der Waals surface area (Å²) in [6.07, 6.45) is 3.04.